The summed E-state index contributed by atoms with van der Waals surface area (Å²) < 4.78 is 12.5. The molecule has 7 nitrogen and oxygen atoms in total. The van der Waals surface area contributed by atoms with Crippen molar-refractivity contribution >= 4 is 17.2 Å². The molecule has 3 aromatic rings. The molecule has 0 atom stereocenters. The Morgan fingerprint density at radius 2 is 2.00 bits per heavy atom. The van der Waals surface area contributed by atoms with E-state index in [1.54, 1.807) is 13.3 Å². The first-order chi connectivity index (χ1) is 12.3. The van der Waals surface area contributed by atoms with Crippen molar-refractivity contribution in [3.8, 4) is 5.75 Å². The second-order valence-corrected chi connectivity index (χ2v) is 5.91. The Morgan fingerprint density at radius 1 is 1.20 bits per heavy atom. The van der Waals surface area contributed by atoms with Crippen LogP contribution >= 0.6 is 0 Å². The van der Waals surface area contributed by atoms with Gasteiger partial charge in [0.2, 0.25) is 0 Å². The second kappa shape index (κ2) is 6.98. The van der Waals surface area contributed by atoms with Crippen LogP contribution in [0.4, 0.5) is 11.5 Å². The molecule has 0 saturated carbocycles. The minimum Gasteiger partial charge on any atom is -0.497 e. The number of ether oxygens (including phenoxy) is 2. The number of aromatic nitrogens is 3. The molecule has 0 aliphatic carbocycles. The maximum atomic E-state index is 5.43. The maximum Gasteiger partial charge on any atom is 0.177 e. The first-order valence-electron chi connectivity index (χ1n) is 8.37. The molecule has 4 rings (SSSR count). The van der Waals surface area contributed by atoms with Crippen molar-refractivity contribution in [1.29, 1.82) is 0 Å². The van der Waals surface area contributed by atoms with Crippen LogP contribution in [0.2, 0.25) is 0 Å². The van der Waals surface area contributed by atoms with Gasteiger partial charge in [0.1, 0.15) is 5.75 Å². The molecule has 0 bridgehead atoms. The van der Waals surface area contributed by atoms with Crippen LogP contribution in [0, 0.1) is 0 Å². The van der Waals surface area contributed by atoms with Crippen LogP contribution < -0.4 is 15.0 Å². The molecular weight excluding hydrogens is 318 g/mol. The van der Waals surface area contributed by atoms with E-state index < -0.39 is 0 Å². The molecule has 1 aromatic carbocycles. The van der Waals surface area contributed by atoms with Crippen LogP contribution in [0.1, 0.15) is 5.56 Å². The Labute approximate surface area is 146 Å². The number of rotatable bonds is 5. The number of hydrogen-bond donors (Lipinski definition) is 1. The highest BCUT2D eigenvalue weighted by Gasteiger charge is 2.15. The average molecular weight is 339 g/mol. The maximum absolute atomic E-state index is 5.43. The van der Waals surface area contributed by atoms with Crippen molar-refractivity contribution in [2.75, 3.05) is 43.6 Å². The fourth-order valence-corrected chi connectivity index (χ4v) is 2.92. The quantitative estimate of drug-likeness (QED) is 0.769. The lowest BCUT2D eigenvalue weighted by atomic mass is 10.2. The third kappa shape index (κ3) is 3.36. The fraction of sp³-hybridized carbons (Fsp3) is 0.333. The van der Waals surface area contributed by atoms with Crippen LogP contribution in [0.3, 0.4) is 0 Å². The Morgan fingerprint density at radius 3 is 2.76 bits per heavy atom. The van der Waals surface area contributed by atoms with E-state index >= 15 is 0 Å². The van der Waals surface area contributed by atoms with Gasteiger partial charge in [-0.2, -0.15) is 0 Å². The summed E-state index contributed by atoms with van der Waals surface area (Å²) in [6.45, 7) is 3.88. The Balaban J connectivity index is 1.57. The smallest absolute Gasteiger partial charge is 0.177 e. The molecule has 1 aliphatic heterocycles. The Hall–Kier alpha value is -2.80. The van der Waals surface area contributed by atoms with Gasteiger partial charge < -0.3 is 19.7 Å². The van der Waals surface area contributed by atoms with Gasteiger partial charge >= 0.3 is 0 Å². The molecule has 130 valence electrons. The van der Waals surface area contributed by atoms with Gasteiger partial charge in [-0.15, -0.1) is 5.10 Å². The highest BCUT2D eigenvalue weighted by molar-refractivity contribution is 5.70. The van der Waals surface area contributed by atoms with Gasteiger partial charge in [0.15, 0.2) is 11.5 Å². The molecule has 1 N–H and O–H groups in total. The Kier molecular flexibility index (Phi) is 4.39. The van der Waals surface area contributed by atoms with Crippen molar-refractivity contribution in [2.24, 2.45) is 0 Å². The van der Waals surface area contributed by atoms with Crippen molar-refractivity contribution < 1.29 is 9.47 Å². The van der Waals surface area contributed by atoms with Gasteiger partial charge in [0.25, 0.3) is 0 Å². The summed E-state index contributed by atoms with van der Waals surface area (Å²) in [7, 11) is 1.67. The molecule has 0 spiro atoms. The van der Waals surface area contributed by atoms with Crippen molar-refractivity contribution in [1.82, 2.24) is 14.6 Å². The molecule has 0 radical (unpaired) electrons. The van der Waals surface area contributed by atoms with Crippen molar-refractivity contribution in [2.45, 2.75) is 6.54 Å². The minimum atomic E-state index is 0.707. The molecule has 1 saturated heterocycles. The van der Waals surface area contributed by atoms with Gasteiger partial charge in [-0.3, -0.25) is 0 Å². The lowest BCUT2D eigenvalue weighted by Crippen LogP contribution is -2.37. The number of nitrogens with zero attached hydrogens (tertiary/aromatic N) is 4. The van der Waals surface area contributed by atoms with Crippen LogP contribution in [0.5, 0.6) is 5.75 Å². The standard InChI is InChI=1S/C18H21N5O2/c1-24-15-4-2-14(3-5-15)13-20-16-12-17(22-8-10-25-11-9-22)21-23-7-6-19-18(16)23/h2-7,12,20H,8-11,13H2,1H3. The van der Waals surface area contributed by atoms with E-state index in [2.05, 4.69) is 38.5 Å². The van der Waals surface area contributed by atoms with Crippen LogP contribution in [-0.4, -0.2) is 48.0 Å². The van der Waals surface area contributed by atoms with E-state index in [4.69, 9.17) is 9.47 Å². The third-order valence-electron chi connectivity index (χ3n) is 4.32. The number of morpholine rings is 1. The summed E-state index contributed by atoms with van der Waals surface area (Å²) in [4.78, 5) is 6.66. The number of imidazole rings is 1. The normalized spacial score (nSPS) is 14.7. The molecule has 25 heavy (non-hydrogen) atoms. The molecule has 2 aromatic heterocycles. The van der Waals surface area contributed by atoms with E-state index in [1.165, 1.54) is 5.56 Å². The largest absolute Gasteiger partial charge is 0.497 e. The molecule has 1 fully saturated rings. The lowest BCUT2D eigenvalue weighted by Gasteiger charge is -2.28. The molecule has 0 unspecified atom stereocenters. The molecular formula is C18H21N5O2. The number of hydrogen-bond acceptors (Lipinski definition) is 6. The molecule has 0 amide bonds. The Bertz CT molecular complexity index is 840. The van der Waals surface area contributed by atoms with Gasteiger partial charge in [-0.05, 0) is 17.7 Å². The summed E-state index contributed by atoms with van der Waals surface area (Å²) in [5.41, 5.74) is 2.97. The van der Waals surface area contributed by atoms with Gasteiger partial charge in [0, 0.05) is 38.1 Å². The van der Waals surface area contributed by atoms with Crippen molar-refractivity contribution in [3.63, 3.8) is 0 Å². The van der Waals surface area contributed by atoms with E-state index in [9.17, 15) is 0 Å². The van der Waals surface area contributed by atoms with Gasteiger partial charge in [-0.25, -0.2) is 9.50 Å². The average Bonchev–Trinajstić information content (AvgIpc) is 3.16. The number of benzene rings is 1. The van der Waals surface area contributed by atoms with E-state index in [0.717, 1.165) is 49.2 Å². The number of fused-ring (bicyclic) bond motifs is 1. The van der Waals surface area contributed by atoms with Gasteiger partial charge in [0.05, 0.1) is 26.0 Å². The minimum absolute atomic E-state index is 0.707. The first kappa shape index (κ1) is 15.7. The third-order valence-corrected chi connectivity index (χ3v) is 4.32. The summed E-state index contributed by atoms with van der Waals surface area (Å²) in [6, 6.07) is 10.1. The first-order valence-corrected chi connectivity index (χ1v) is 8.37. The zero-order chi connectivity index (χ0) is 17.1. The number of nitrogens with one attached hydrogen (secondary N) is 1. The van der Waals surface area contributed by atoms with Crippen LogP contribution in [-0.2, 0) is 11.3 Å². The SMILES string of the molecule is COc1ccc(CNc2cc(N3CCOCC3)nn3ccnc23)cc1. The molecule has 1 aliphatic rings. The van der Waals surface area contributed by atoms with Crippen LogP contribution in [0.25, 0.3) is 5.65 Å². The number of anilines is 2. The predicted octanol–water partition coefficient (Wildman–Crippen LogP) is 2.19. The topological polar surface area (TPSA) is 63.9 Å². The van der Waals surface area contributed by atoms with E-state index in [-0.39, 0.29) is 0 Å². The summed E-state index contributed by atoms with van der Waals surface area (Å²) >= 11 is 0. The predicted molar refractivity (Wildman–Crippen MR) is 96.3 cm³/mol. The zero-order valence-corrected chi connectivity index (χ0v) is 14.2. The molecule has 3 heterocycles. The highest BCUT2D eigenvalue weighted by Crippen LogP contribution is 2.23. The van der Waals surface area contributed by atoms with Crippen LogP contribution in [0.15, 0.2) is 42.7 Å². The van der Waals surface area contributed by atoms with E-state index in [1.807, 2.05) is 22.8 Å². The van der Waals surface area contributed by atoms with Gasteiger partial charge in [-0.1, -0.05) is 12.1 Å². The number of methoxy groups -OCH3 is 1. The van der Waals surface area contributed by atoms with E-state index in [0.29, 0.717) is 6.54 Å². The monoisotopic (exact) mass is 339 g/mol. The summed E-state index contributed by atoms with van der Waals surface area (Å²) in [6.07, 6.45) is 3.64. The molecule has 7 heteroatoms. The fourth-order valence-electron chi connectivity index (χ4n) is 2.92. The highest BCUT2D eigenvalue weighted by atomic mass is 16.5. The second-order valence-electron chi connectivity index (χ2n) is 5.91. The summed E-state index contributed by atoms with van der Waals surface area (Å²) in [5, 5.41) is 8.15. The lowest BCUT2D eigenvalue weighted by molar-refractivity contribution is 0.122. The zero-order valence-electron chi connectivity index (χ0n) is 14.2. The summed E-state index contributed by atoms with van der Waals surface area (Å²) in [5.74, 6) is 1.80. The van der Waals surface area contributed by atoms with Crippen molar-refractivity contribution in [3.05, 3.63) is 48.3 Å².